The van der Waals surface area contributed by atoms with E-state index in [2.05, 4.69) is 15.5 Å². The van der Waals surface area contributed by atoms with Gasteiger partial charge < -0.3 is 16.2 Å². The number of aromatic nitrogens is 2. The third-order valence-electron chi connectivity index (χ3n) is 3.45. The molecule has 0 fully saturated rings. The number of aromatic hydroxyl groups is 1. The number of aromatic amines is 1. The van der Waals surface area contributed by atoms with Crippen LogP contribution < -0.4 is 11.1 Å². The quantitative estimate of drug-likeness (QED) is 0.554. The predicted octanol–water partition coefficient (Wildman–Crippen LogP) is 2.18. The maximum absolute atomic E-state index is 11.8. The highest BCUT2D eigenvalue weighted by molar-refractivity contribution is 5.94. The number of hydrogen-bond donors (Lipinski definition) is 4. The van der Waals surface area contributed by atoms with Crippen molar-refractivity contribution in [1.29, 1.82) is 0 Å². The Morgan fingerprint density at radius 2 is 2.04 bits per heavy atom. The van der Waals surface area contributed by atoms with Crippen molar-refractivity contribution >= 4 is 28.7 Å². The van der Waals surface area contributed by atoms with Crippen molar-refractivity contribution in [1.82, 2.24) is 15.5 Å². The number of anilines is 1. The van der Waals surface area contributed by atoms with E-state index >= 15 is 0 Å². The first-order valence-electron chi connectivity index (χ1n) is 7.09. The van der Waals surface area contributed by atoms with Gasteiger partial charge in [0.25, 0.3) is 0 Å². The monoisotopic (exact) mass is 308 g/mol. The molecule has 0 unspecified atom stereocenters. The number of hydrogen-bond acceptors (Lipinski definition) is 4. The number of rotatable bonds is 4. The van der Waals surface area contributed by atoms with Gasteiger partial charge in [-0.1, -0.05) is 18.2 Å². The molecule has 1 amide bonds. The van der Waals surface area contributed by atoms with Crippen molar-refractivity contribution in [3.8, 4) is 5.75 Å². The van der Waals surface area contributed by atoms with E-state index in [4.69, 9.17) is 5.73 Å². The van der Waals surface area contributed by atoms with Crippen molar-refractivity contribution in [3.05, 3.63) is 59.7 Å². The molecule has 0 aliphatic carbocycles. The van der Waals surface area contributed by atoms with E-state index < -0.39 is 0 Å². The maximum atomic E-state index is 11.8. The number of benzene rings is 2. The van der Waals surface area contributed by atoms with Gasteiger partial charge in [-0.05, 0) is 41.5 Å². The van der Waals surface area contributed by atoms with Crippen molar-refractivity contribution in [2.75, 3.05) is 5.73 Å². The Balaban J connectivity index is 1.62. The molecule has 0 aliphatic heterocycles. The number of fused-ring (bicyclic) bond motifs is 1. The summed E-state index contributed by atoms with van der Waals surface area (Å²) < 4.78 is 0. The molecule has 2 aromatic carbocycles. The fourth-order valence-electron chi connectivity index (χ4n) is 2.19. The Labute approximate surface area is 132 Å². The van der Waals surface area contributed by atoms with E-state index in [-0.39, 0.29) is 11.7 Å². The Morgan fingerprint density at radius 3 is 2.83 bits per heavy atom. The number of carbonyl (C=O) groups is 1. The van der Waals surface area contributed by atoms with Crippen LogP contribution in [0.1, 0.15) is 11.1 Å². The molecule has 1 heterocycles. The molecule has 0 aliphatic rings. The van der Waals surface area contributed by atoms with E-state index in [1.807, 2.05) is 18.2 Å². The van der Waals surface area contributed by atoms with Crippen molar-refractivity contribution < 1.29 is 9.90 Å². The Morgan fingerprint density at radius 1 is 1.26 bits per heavy atom. The molecule has 0 spiro atoms. The number of carbonyl (C=O) groups excluding carboxylic acids is 1. The molecule has 116 valence electrons. The number of nitrogens with one attached hydrogen (secondary N) is 2. The van der Waals surface area contributed by atoms with Crippen LogP contribution in [-0.4, -0.2) is 21.2 Å². The molecule has 3 rings (SSSR count). The maximum Gasteiger partial charge on any atom is 0.244 e. The second-order valence-electron chi connectivity index (χ2n) is 5.13. The summed E-state index contributed by atoms with van der Waals surface area (Å²) in [7, 11) is 0. The highest BCUT2D eigenvalue weighted by Crippen LogP contribution is 2.19. The average molecular weight is 308 g/mol. The van der Waals surface area contributed by atoms with Crippen LogP contribution in [0.4, 0.5) is 5.82 Å². The zero-order chi connectivity index (χ0) is 16.2. The number of amides is 1. The molecule has 5 N–H and O–H groups in total. The Kier molecular flexibility index (Phi) is 3.97. The van der Waals surface area contributed by atoms with Gasteiger partial charge in [-0.2, -0.15) is 5.10 Å². The number of nitrogens with zero attached hydrogens (tertiary/aromatic N) is 1. The number of nitrogen functional groups attached to an aromatic ring is 1. The minimum atomic E-state index is -0.196. The minimum absolute atomic E-state index is 0.196. The summed E-state index contributed by atoms with van der Waals surface area (Å²) in [6.07, 6.45) is 3.19. The fourth-order valence-corrected chi connectivity index (χ4v) is 2.19. The summed E-state index contributed by atoms with van der Waals surface area (Å²) in [4.78, 5) is 11.8. The van der Waals surface area contributed by atoms with Gasteiger partial charge in [-0.15, -0.1) is 0 Å². The van der Waals surface area contributed by atoms with E-state index in [9.17, 15) is 9.90 Å². The fraction of sp³-hybridized carbons (Fsp3) is 0.0588. The summed E-state index contributed by atoms with van der Waals surface area (Å²) >= 11 is 0. The van der Waals surface area contributed by atoms with Crippen LogP contribution >= 0.6 is 0 Å². The van der Waals surface area contributed by atoms with E-state index in [0.717, 1.165) is 22.0 Å². The summed E-state index contributed by atoms with van der Waals surface area (Å²) in [5.74, 6) is 0.444. The van der Waals surface area contributed by atoms with E-state index in [1.165, 1.54) is 6.08 Å². The number of phenols is 1. The second kappa shape index (κ2) is 6.23. The van der Waals surface area contributed by atoms with Gasteiger partial charge >= 0.3 is 0 Å². The third-order valence-corrected chi connectivity index (χ3v) is 3.45. The van der Waals surface area contributed by atoms with Gasteiger partial charge in [0.1, 0.15) is 5.75 Å². The second-order valence-corrected chi connectivity index (χ2v) is 5.13. The minimum Gasteiger partial charge on any atom is -0.508 e. The Hall–Kier alpha value is -3.28. The first kappa shape index (κ1) is 14.6. The topological polar surface area (TPSA) is 104 Å². The first-order chi connectivity index (χ1) is 11.1. The highest BCUT2D eigenvalue weighted by Gasteiger charge is 2.02. The van der Waals surface area contributed by atoms with Crippen molar-refractivity contribution in [2.24, 2.45) is 0 Å². The van der Waals surface area contributed by atoms with Crippen LogP contribution in [0, 0.1) is 0 Å². The van der Waals surface area contributed by atoms with Gasteiger partial charge in [0.2, 0.25) is 5.91 Å². The largest absolute Gasteiger partial charge is 0.508 e. The summed E-state index contributed by atoms with van der Waals surface area (Å²) in [6, 6.07) is 12.3. The van der Waals surface area contributed by atoms with Crippen LogP contribution in [0.3, 0.4) is 0 Å². The number of H-pyrrole nitrogens is 1. The van der Waals surface area contributed by atoms with Gasteiger partial charge in [-0.3, -0.25) is 9.89 Å². The first-order valence-corrected chi connectivity index (χ1v) is 7.09. The normalized spacial score (nSPS) is 11.1. The van der Waals surface area contributed by atoms with Crippen LogP contribution in [-0.2, 0) is 11.3 Å². The van der Waals surface area contributed by atoms with E-state index in [0.29, 0.717) is 12.4 Å². The van der Waals surface area contributed by atoms with Gasteiger partial charge in [0, 0.05) is 18.0 Å². The molecule has 0 bridgehead atoms. The van der Waals surface area contributed by atoms with Crippen LogP contribution in [0.15, 0.2) is 48.5 Å². The molecular weight excluding hydrogens is 292 g/mol. The summed E-state index contributed by atoms with van der Waals surface area (Å²) in [5, 5.41) is 19.6. The smallest absolute Gasteiger partial charge is 0.244 e. The summed E-state index contributed by atoms with van der Waals surface area (Å²) in [6.45, 7) is 0.400. The SMILES string of the molecule is Nc1n[nH]c2ccc(/C=C/C(=O)NCc3ccc(O)cc3)cc12. The lowest BCUT2D eigenvalue weighted by molar-refractivity contribution is -0.116. The average Bonchev–Trinajstić information content (AvgIpc) is 2.93. The summed E-state index contributed by atoms with van der Waals surface area (Å²) in [5.41, 5.74) is 8.40. The van der Waals surface area contributed by atoms with E-state index in [1.54, 1.807) is 30.3 Å². The molecule has 0 radical (unpaired) electrons. The van der Waals surface area contributed by atoms with Gasteiger partial charge in [0.15, 0.2) is 5.82 Å². The lowest BCUT2D eigenvalue weighted by atomic mass is 10.1. The molecule has 23 heavy (non-hydrogen) atoms. The molecule has 6 nitrogen and oxygen atoms in total. The standard InChI is InChI=1S/C17H16N4O2/c18-17-14-9-11(3-7-15(14)20-21-17)4-8-16(23)19-10-12-1-5-13(22)6-2-12/h1-9,22H,10H2,(H,19,23)(H3,18,20,21)/b8-4+. The third kappa shape index (κ3) is 3.49. The molecule has 6 heteroatoms. The lowest BCUT2D eigenvalue weighted by Crippen LogP contribution is -2.20. The molecule has 0 saturated carbocycles. The molecule has 3 aromatic rings. The number of phenolic OH excluding ortho intramolecular Hbond substituents is 1. The Bertz CT molecular complexity index is 866. The van der Waals surface area contributed by atoms with Crippen molar-refractivity contribution in [3.63, 3.8) is 0 Å². The van der Waals surface area contributed by atoms with Crippen LogP contribution in [0.2, 0.25) is 0 Å². The molecule has 0 atom stereocenters. The number of nitrogens with two attached hydrogens (primary N) is 1. The molecule has 0 saturated heterocycles. The zero-order valence-corrected chi connectivity index (χ0v) is 12.3. The predicted molar refractivity (Wildman–Crippen MR) is 89.5 cm³/mol. The highest BCUT2D eigenvalue weighted by atomic mass is 16.3. The van der Waals surface area contributed by atoms with Gasteiger partial charge in [-0.25, -0.2) is 0 Å². The van der Waals surface area contributed by atoms with Gasteiger partial charge in [0.05, 0.1) is 5.52 Å². The van der Waals surface area contributed by atoms with Crippen LogP contribution in [0.25, 0.3) is 17.0 Å². The lowest BCUT2D eigenvalue weighted by Gasteiger charge is -2.02. The zero-order valence-electron chi connectivity index (χ0n) is 12.3. The molecular formula is C17H16N4O2. The molecule has 1 aromatic heterocycles. The van der Waals surface area contributed by atoms with Crippen molar-refractivity contribution in [2.45, 2.75) is 6.54 Å². The van der Waals surface area contributed by atoms with Crippen LogP contribution in [0.5, 0.6) is 5.75 Å².